The Kier molecular flexibility index (Phi) is 4.27. The second kappa shape index (κ2) is 5.07. The maximum absolute atomic E-state index is 11.7. The number of thiophene rings is 1. The van der Waals surface area contributed by atoms with Gasteiger partial charge in [0.25, 0.3) is 0 Å². The molecule has 0 fully saturated rings. The Labute approximate surface area is 94.8 Å². The molecule has 0 saturated heterocycles. The van der Waals surface area contributed by atoms with Crippen molar-refractivity contribution in [1.29, 1.82) is 0 Å². The lowest BCUT2D eigenvalue weighted by Gasteiger charge is -2.23. The molecule has 0 aliphatic rings. The van der Waals surface area contributed by atoms with Gasteiger partial charge in [-0.05, 0) is 18.4 Å². The Morgan fingerprint density at radius 2 is 2.27 bits per heavy atom. The minimum absolute atomic E-state index is 0.000779. The van der Waals surface area contributed by atoms with Crippen molar-refractivity contribution in [3.05, 3.63) is 22.4 Å². The predicted molar refractivity (Wildman–Crippen MR) is 63.3 cm³/mol. The SMILES string of the molecule is CC(c1cccs1)N(C)S(=O)(=O)CCN. The lowest BCUT2D eigenvalue weighted by molar-refractivity contribution is 0.403. The van der Waals surface area contributed by atoms with Gasteiger partial charge < -0.3 is 5.73 Å². The molecular formula is C9H16N2O2S2. The summed E-state index contributed by atoms with van der Waals surface area (Å²) in [5.74, 6) is -0.000779. The van der Waals surface area contributed by atoms with Crippen molar-refractivity contribution in [2.45, 2.75) is 13.0 Å². The number of hydrogen-bond donors (Lipinski definition) is 1. The van der Waals surface area contributed by atoms with Gasteiger partial charge in [0.05, 0.1) is 11.8 Å². The van der Waals surface area contributed by atoms with Gasteiger partial charge in [-0.15, -0.1) is 11.3 Å². The molecule has 2 N–H and O–H groups in total. The van der Waals surface area contributed by atoms with Gasteiger partial charge >= 0.3 is 0 Å². The Hall–Kier alpha value is -0.430. The van der Waals surface area contributed by atoms with Crippen LogP contribution in [0.5, 0.6) is 0 Å². The summed E-state index contributed by atoms with van der Waals surface area (Å²) in [5, 5.41) is 1.94. The molecule has 0 aliphatic carbocycles. The third-order valence-corrected chi connectivity index (χ3v) is 5.30. The molecule has 4 nitrogen and oxygen atoms in total. The predicted octanol–water partition coefficient (Wildman–Crippen LogP) is 1.03. The van der Waals surface area contributed by atoms with E-state index in [0.29, 0.717) is 0 Å². The van der Waals surface area contributed by atoms with E-state index in [1.54, 1.807) is 18.4 Å². The fourth-order valence-corrected chi connectivity index (χ4v) is 3.32. The normalized spacial score (nSPS) is 14.4. The third kappa shape index (κ3) is 3.01. The lowest BCUT2D eigenvalue weighted by Crippen LogP contribution is -2.33. The van der Waals surface area contributed by atoms with Crippen LogP contribution in [0.3, 0.4) is 0 Å². The zero-order valence-corrected chi connectivity index (χ0v) is 10.5. The fraction of sp³-hybridized carbons (Fsp3) is 0.556. The highest BCUT2D eigenvalue weighted by molar-refractivity contribution is 7.89. The van der Waals surface area contributed by atoms with E-state index in [1.807, 2.05) is 24.4 Å². The molecule has 1 heterocycles. The summed E-state index contributed by atoms with van der Waals surface area (Å²) in [7, 11) is -1.63. The van der Waals surface area contributed by atoms with Crippen LogP contribution < -0.4 is 5.73 Å². The molecular weight excluding hydrogens is 232 g/mol. The van der Waals surface area contributed by atoms with Gasteiger partial charge in [0, 0.05) is 18.5 Å². The fourth-order valence-electron chi connectivity index (χ4n) is 1.24. The first-order valence-corrected chi connectivity index (χ1v) is 7.17. The van der Waals surface area contributed by atoms with E-state index < -0.39 is 10.0 Å². The second-order valence-corrected chi connectivity index (χ2v) is 6.44. The van der Waals surface area contributed by atoms with E-state index in [1.165, 1.54) is 4.31 Å². The van der Waals surface area contributed by atoms with E-state index in [2.05, 4.69) is 0 Å². The maximum atomic E-state index is 11.7. The molecule has 0 spiro atoms. The van der Waals surface area contributed by atoms with Gasteiger partial charge in [-0.1, -0.05) is 6.07 Å². The highest BCUT2D eigenvalue weighted by Gasteiger charge is 2.23. The van der Waals surface area contributed by atoms with Crippen molar-refractivity contribution in [3.63, 3.8) is 0 Å². The van der Waals surface area contributed by atoms with Crippen LogP contribution in [0.25, 0.3) is 0 Å². The highest BCUT2D eigenvalue weighted by atomic mass is 32.2. The van der Waals surface area contributed by atoms with Crippen molar-refractivity contribution < 1.29 is 8.42 Å². The minimum atomic E-state index is -3.22. The largest absolute Gasteiger partial charge is 0.329 e. The van der Waals surface area contributed by atoms with Crippen LogP contribution in [0.1, 0.15) is 17.8 Å². The van der Waals surface area contributed by atoms with Crippen LogP contribution >= 0.6 is 11.3 Å². The first-order chi connectivity index (χ1) is 6.99. The van der Waals surface area contributed by atoms with Crippen LogP contribution in [-0.4, -0.2) is 32.1 Å². The van der Waals surface area contributed by atoms with Crippen molar-refractivity contribution in [1.82, 2.24) is 4.31 Å². The van der Waals surface area contributed by atoms with Gasteiger partial charge in [0.15, 0.2) is 0 Å². The highest BCUT2D eigenvalue weighted by Crippen LogP contribution is 2.25. The zero-order chi connectivity index (χ0) is 11.5. The molecule has 0 amide bonds. The van der Waals surface area contributed by atoms with Crippen molar-refractivity contribution in [3.8, 4) is 0 Å². The molecule has 1 rings (SSSR count). The third-order valence-electron chi connectivity index (χ3n) is 2.31. The summed E-state index contributed by atoms with van der Waals surface area (Å²) in [5.41, 5.74) is 5.27. The van der Waals surface area contributed by atoms with E-state index >= 15 is 0 Å². The van der Waals surface area contributed by atoms with Crippen LogP contribution in [0.4, 0.5) is 0 Å². The summed E-state index contributed by atoms with van der Waals surface area (Å²) in [6.07, 6.45) is 0. The average Bonchev–Trinajstić information content (AvgIpc) is 2.68. The minimum Gasteiger partial charge on any atom is -0.329 e. The monoisotopic (exact) mass is 248 g/mol. The summed E-state index contributed by atoms with van der Waals surface area (Å²) >= 11 is 1.56. The Morgan fingerprint density at radius 1 is 1.60 bits per heavy atom. The molecule has 6 heteroatoms. The van der Waals surface area contributed by atoms with Gasteiger partial charge in [0.1, 0.15) is 0 Å². The standard InChI is InChI=1S/C9H16N2O2S2/c1-8(9-4-3-6-14-9)11(2)15(12,13)7-5-10/h3-4,6,8H,5,7,10H2,1-2H3. The summed E-state index contributed by atoms with van der Waals surface area (Å²) < 4.78 is 24.8. The first-order valence-electron chi connectivity index (χ1n) is 4.68. The van der Waals surface area contributed by atoms with E-state index in [-0.39, 0.29) is 18.3 Å². The van der Waals surface area contributed by atoms with Gasteiger partial charge in [-0.2, -0.15) is 4.31 Å². The average molecular weight is 248 g/mol. The number of rotatable bonds is 5. The molecule has 1 aromatic heterocycles. The van der Waals surface area contributed by atoms with Crippen molar-refractivity contribution in [2.75, 3.05) is 19.3 Å². The molecule has 1 unspecified atom stereocenters. The van der Waals surface area contributed by atoms with Gasteiger partial charge in [0.2, 0.25) is 10.0 Å². The molecule has 15 heavy (non-hydrogen) atoms. The van der Waals surface area contributed by atoms with E-state index in [0.717, 1.165) is 4.88 Å². The molecule has 0 aliphatic heterocycles. The lowest BCUT2D eigenvalue weighted by atomic mass is 10.3. The van der Waals surface area contributed by atoms with Gasteiger partial charge in [-0.3, -0.25) is 0 Å². The Morgan fingerprint density at radius 3 is 2.73 bits per heavy atom. The Balaban J connectivity index is 2.81. The Bertz CT molecular complexity index is 386. The second-order valence-electron chi connectivity index (χ2n) is 3.31. The molecule has 1 atom stereocenters. The summed E-state index contributed by atoms with van der Waals surface area (Å²) in [6.45, 7) is 2.03. The van der Waals surface area contributed by atoms with Gasteiger partial charge in [-0.25, -0.2) is 8.42 Å². The molecule has 0 bridgehead atoms. The van der Waals surface area contributed by atoms with E-state index in [4.69, 9.17) is 5.73 Å². The number of nitrogens with two attached hydrogens (primary N) is 1. The van der Waals surface area contributed by atoms with Crippen LogP contribution in [0.2, 0.25) is 0 Å². The first kappa shape index (κ1) is 12.6. The summed E-state index contributed by atoms with van der Waals surface area (Å²) in [4.78, 5) is 1.04. The molecule has 1 aromatic rings. The van der Waals surface area contributed by atoms with E-state index in [9.17, 15) is 8.42 Å². The van der Waals surface area contributed by atoms with Crippen molar-refractivity contribution in [2.24, 2.45) is 5.73 Å². The smallest absolute Gasteiger partial charge is 0.215 e. The number of nitrogens with zero attached hydrogens (tertiary/aromatic N) is 1. The quantitative estimate of drug-likeness (QED) is 0.846. The van der Waals surface area contributed by atoms with Crippen LogP contribution in [-0.2, 0) is 10.0 Å². The van der Waals surface area contributed by atoms with Crippen molar-refractivity contribution >= 4 is 21.4 Å². The van der Waals surface area contributed by atoms with Crippen LogP contribution in [0, 0.1) is 0 Å². The molecule has 0 saturated carbocycles. The number of hydrogen-bond acceptors (Lipinski definition) is 4. The molecule has 86 valence electrons. The summed E-state index contributed by atoms with van der Waals surface area (Å²) in [6, 6.07) is 3.73. The zero-order valence-electron chi connectivity index (χ0n) is 8.88. The topological polar surface area (TPSA) is 63.4 Å². The molecule has 0 radical (unpaired) electrons. The number of sulfonamides is 1. The maximum Gasteiger partial charge on any atom is 0.215 e. The van der Waals surface area contributed by atoms with Crippen LogP contribution in [0.15, 0.2) is 17.5 Å². The molecule has 0 aromatic carbocycles.